The third-order valence-corrected chi connectivity index (χ3v) is 4.27. The van der Waals surface area contributed by atoms with Gasteiger partial charge in [0.2, 0.25) is 0 Å². The number of aryl methyl sites for hydroxylation is 1. The van der Waals surface area contributed by atoms with E-state index in [0.29, 0.717) is 17.9 Å². The topological polar surface area (TPSA) is 63.2 Å². The van der Waals surface area contributed by atoms with E-state index in [1.165, 1.54) is 25.9 Å². The van der Waals surface area contributed by atoms with E-state index in [-0.39, 0.29) is 0 Å². The van der Waals surface area contributed by atoms with Crippen molar-refractivity contribution in [3.63, 3.8) is 0 Å². The third-order valence-electron chi connectivity index (χ3n) is 4.27. The van der Waals surface area contributed by atoms with Crippen LogP contribution >= 0.6 is 0 Å². The summed E-state index contributed by atoms with van der Waals surface area (Å²) in [5.41, 5.74) is 0.870. The lowest BCUT2D eigenvalue weighted by Crippen LogP contribution is -2.38. The highest BCUT2D eigenvalue weighted by atomic mass is 16.4. The highest BCUT2D eigenvalue weighted by molar-refractivity contribution is 5.50. The monoisotopic (exact) mass is 274 g/mol. The van der Waals surface area contributed by atoms with Crippen LogP contribution in [-0.2, 0) is 7.05 Å². The molecule has 3 fully saturated rings. The first-order valence-corrected chi connectivity index (χ1v) is 7.11. The molecule has 106 valence electrons. The summed E-state index contributed by atoms with van der Waals surface area (Å²) in [6.45, 7) is 4.43. The van der Waals surface area contributed by atoms with Crippen molar-refractivity contribution in [1.82, 2.24) is 24.9 Å². The Balaban J connectivity index is 1.61. The maximum absolute atomic E-state index is 5.86. The van der Waals surface area contributed by atoms with E-state index >= 15 is 0 Å². The predicted octanol–water partition coefficient (Wildman–Crippen LogP) is 0.754. The Morgan fingerprint density at radius 2 is 2.00 bits per heavy atom. The summed E-state index contributed by atoms with van der Waals surface area (Å²) in [5.74, 6) is 0.548. The molecule has 2 bridgehead atoms. The van der Waals surface area contributed by atoms with Crippen LogP contribution in [0.4, 0.5) is 6.01 Å². The van der Waals surface area contributed by atoms with Crippen molar-refractivity contribution in [1.29, 1.82) is 0 Å². The number of fused-ring (bicyclic) bond motifs is 4. The Labute approximate surface area is 117 Å². The molecule has 0 amide bonds. The molecule has 3 aliphatic rings. The highest BCUT2D eigenvalue weighted by Gasteiger charge is 2.31. The second-order valence-electron chi connectivity index (χ2n) is 5.56. The molecule has 3 aliphatic heterocycles. The fraction of sp³-hybridized carbons (Fsp3) is 0.615. The number of nitrogens with zero attached hydrogens (tertiary/aromatic N) is 6. The Bertz CT molecular complexity index is 598. The molecule has 0 atom stereocenters. The minimum absolute atomic E-state index is 0.538. The predicted molar refractivity (Wildman–Crippen MR) is 73.3 cm³/mol. The largest absolute Gasteiger partial charge is 0.403 e. The fourth-order valence-corrected chi connectivity index (χ4v) is 3.12. The van der Waals surface area contributed by atoms with Crippen LogP contribution in [0.25, 0.3) is 11.5 Å². The van der Waals surface area contributed by atoms with E-state index in [9.17, 15) is 0 Å². The van der Waals surface area contributed by atoms with Gasteiger partial charge in [-0.25, -0.2) is 0 Å². The summed E-state index contributed by atoms with van der Waals surface area (Å²) in [5, 5.41) is 12.5. The van der Waals surface area contributed by atoms with Crippen LogP contribution in [0.15, 0.2) is 16.8 Å². The lowest BCUT2D eigenvalue weighted by atomic mass is 10.1. The van der Waals surface area contributed by atoms with E-state index in [1.807, 2.05) is 13.2 Å². The Kier molecular flexibility index (Phi) is 2.73. The molecule has 2 aromatic heterocycles. The smallest absolute Gasteiger partial charge is 0.318 e. The second kappa shape index (κ2) is 4.59. The fourth-order valence-electron chi connectivity index (χ4n) is 3.12. The van der Waals surface area contributed by atoms with Gasteiger partial charge < -0.3 is 14.2 Å². The maximum atomic E-state index is 5.86. The van der Waals surface area contributed by atoms with Crippen molar-refractivity contribution in [3.05, 3.63) is 12.4 Å². The first-order valence-electron chi connectivity index (χ1n) is 7.11. The number of rotatable bonds is 2. The summed E-state index contributed by atoms with van der Waals surface area (Å²) in [4.78, 5) is 4.79. The molecule has 7 heteroatoms. The lowest BCUT2D eigenvalue weighted by molar-refractivity contribution is 0.249. The number of aromatic nitrogens is 4. The molecule has 0 aromatic carbocycles. The minimum Gasteiger partial charge on any atom is -0.403 e. The van der Waals surface area contributed by atoms with Gasteiger partial charge in [-0.3, -0.25) is 4.68 Å². The van der Waals surface area contributed by atoms with Crippen molar-refractivity contribution in [3.8, 4) is 11.5 Å². The molecule has 0 aliphatic carbocycles. The molecule has 20 heavy (non-hydrogen) atoms. The molecule has 0 N–H and O–H groups in total. The van der Waals surface area contributed by atoms with Gasteiger partial charge in [0.05, 0.1) is 11.8 Å². The van der Waals surface area contributed by atoms with Crippen LogP contribution in [0.1, 0.15) is 12.8 Å². The van der Waals surface area contributed by atoms with E-state index in [1.54, 1.807) is 10.9 Å². The summed E-state index contributed by atoms with van der Waals surface area (Å²) in [6.07, 6.45) is 6.00. The van der Waals surface area contributed by atoms with Gasteiger partial charge in [-0.1, -0.05) is 5.10 Å². The molecule has 0 unspecified atom stereocenters. The molecular formula is C13H18N6O. The van der Waals surface area contributed by atoms with Crippen LogP contribution in [0.5, 0.6) is 0 Å². The number of anilines is 1. The molecule has 2 aromatic rings. The summed E-state index contributed by atoms with van der Waals surface area (Å²) in [6, 6.07) is 1.19. The van der Waals surface area contributed by atoms with Gasteiger partial charge in [0, 0.05) is 45.5 Å². The SMILES string of the molecule is Cn1cc(-c2nnc(N3CCN4CCC3CC4)o2)cn1. The molecule has 0 radical (unpaired) electrons. The van der Waals surface area contributed by atoms with Crippen molar-refractivity contribution >= 4 is 6.01 Å². The Morgan fingerprint density at radius 3 is 2.75 bits per heavy atom. The molecule has 0 spiro atoms. The Hall–Kier alpha value is -1.89. The van der Waals surface area contributed by atoms with Gasteiger partial charge in [-0.05, 0) is 12.8 Å². The van der Waals surface area contributed by atoms with Crippen LogP contribution in [0.2, 0.25) is 0 Å². The van der Waals surface area contributed by atoms with E-state index < -0.39 is 0 Å². The molecule has 7 nitrogen and oxygen atoms in total. The normalized spacial score (nSPS) is 25.9. The average Bonchev–Trinajstić information content (AvgIpc) is 3.01. The quantitative estimate of drug-likeness (QED) is 0.805. The van der Waals surface area contributed by atoms with Crippen LogP contribution in [0.3, 0.4) is 0 Å². The zero-order valence-corrected chi connectivity index (χ0v) is 11.6. The van der Waals surface area contributed by atoms with Crippen LogP contribution in [0, 0.1) is 0 Å². The van der Waals surface area contributed by atoms with Crippen molar-refractivity contribution in [2.24, 2.45) is 7.05 Å². The van der Waals surface area contributed by atoms with Gasteiger partial charge in [0.1, 0.15) is 0 Å². The van der Waals surface area contributed by atoms with E-state index in [0.717, 1.165) is 18.7 Å². The van der Waals surface area contributed by atoms with Gasteiger partial charge in [-0.15, -0.1) is 5.10 Å². The van der Waals surface area contributed by atoms with E-state index in [4.69, 9.17) is 4.42 Å². The lowest BCUT2D eigenvalue weighted by Gasteiger charge is -2.29. The second-order valence-corrected chi connectivity index (χ2v) is 5.56. The number of hydrogen-bond acceptors (Lipinski definition) is 6. The zero-order chi connectivity index (χ0) is 13.5. The maximum Gasteiger partial charge on any atom is 0.318 e. The first kappa shape index (κ1) is 11.9. The zero-order valence-electron chi connectivity index (χ0n) is 11.6. The van der Waals surface area contributed by atoms with Gasteiger partial charge in [0.15, 0.2) is 0 Å². The van der Waals surface area contributed by atoms with Gasteiger partial charge in [0.25, 0.3) is 5.89 Å². The molecule has 5 rings (SSSR count). The summed E-state index contributed by atoms with van der Waals surface area (Å²) >= 11 is 0. The molecule has 0 saturated carbocycles. The third kappa shape index (κ3) is 1.98. The standard InChI is InChI=1S/C13H18N6O/c1-17-9-10(8-14-17)12-15-16-13(20-12)19-7-6-18-4-2-11(19)3-5-18/h8-9,11H,2-7H2,1H3. The van der Waals surface area contributed by atoms with Gasteiger partial charge in [-0.2, -0.15) is 5.10 Å². The summed E-state index contributed by atoms with van der Waals surface area (Å²) in [7, 11) is 1.88. The van der Waals surface area contributed by atoms with Gasteiger partial charge >= 0.3 is 6.01 Å². The highest BCUT2D eigenvalue weighted by Crippen LogP contribution is 2.28. The summed E-state index contributed by atoms with van der Waals surface area (Å²) < 4.78 is 7.60. The number of hydrogen-bond donors (Lipinski definition) is 0. The van der Waals surface area contributed by atoms with Crippen molar-refractivity contribution < 1.29 is 4.42 Å². The van der Waals surface area contributed by atoms with Crippen molar-refractivity contribution in [2.75, 3.05) is 31.1 Å². The molecular weight excluding hydrogens is 256 g/mol. The minimum atomic E-state index is 0.538. The molecule has 3 saturated heterocycles. The van der Waals surface area contributed by atoms with Crippen molar-refractivity contribution in [2.45, 2.75) is 18.9 Å². The number of piperidine rings is 1. The average molecular weight is 274 g/mol. The Morgan fingerprint density at radius 1 is 1.15 bits per heavy atom. The first-order chi connectivity index (χ1) is 9.79. The van der Waals surface area contributed by atoms with E-state index in [2.05, 4.69) is 25.1 Å². The molecule has 5 heterocycles. The van der Waals surface area contributed by atoms with Crippen LogP contribution < -0.4 is 4.90 Å². The van der Waals surface area contributed by atoms with Crippen LogP contribution in [-0.4, -0.2) is 57.1 Å².